The summed E-state index contributed by atoms with van der Waals surface area (Å²) >= 11 is 0. The smallest absolute Gasteiger partial charge is 0.166 e. The molecule has 1 aliphatic carbocycles. The Morgan fingerprint density at radius 3 is 2.15 bits per heavy atom. The lowest BCUT2D eigenvalue weighted by Crippen LogP contribution is -2.13. The highest BCUT2D eigenvalue weighted by molar-refractivity contribution is 5.65. The van der Waals surface area contributed by atoms with E-state index in [0.717, 1.165) is 31.2 Å². The lowest BCUT2D eigenvalue weighted by Gasteiger charge is -2.27. The molecule has 0 N–H and O–H groups in total. The average molecular weight is 453 g/mol. The van der Waals surface area contributed by atoms with Crippen LogP contribution in [0.4, 0.5) is 13.2 Å². The molecule has 2 nitrogen and oxygen atoms in total. The minimum absolute atomic E-state index is 0.00695. The number of hydrogen-bond acceptors (Lipinski definition) is 2. The molecule has 0 atom stereocenters. The second-order valence-corrected chi connectivity index (χ2v) is 8.42. The van der Waals surface area contributed by atoms with E-state index in [2.05, 4.69) is 6.08 Å². The van der Waals surface area contributed by atoms with Gasteiger partial charge >= 0.3 is 0 Å². The molecule has 0 amide bonds. The van der Waals surface area contributed by atoms with Gasteiger partial charge in [0.15, 0.2) is 23.2 Å². The largest absolute Gasteiger partial charge is 0.497 e. The zero-order valence-corrected chi connectivity index (χ0v) is 18.8. The summed E-state index contributed by atoms with van der Waals surface area (Å²) in [5.74, 6) is -0.735. The molecule has 0 radical (unpaired) electrons. The van der Waals surface area contributed by atoms with Crippen LogP contribution in [0.15, 0.2) is 60.7 Å². The molecule has 1 saturated carbocycles. The first-order chi connectivity index (χ1) is 16.0. The van der Waals surface area contributed by atoms with Crippen LogP contribution in [0.1, 0.15) is 42.7 Å². The minimum Gasteiger partial charge on any atom is -0.497 e. The van der Waals surface area contributed by atoms with Gasteiger partial charge < -0.3 is 9.47 Å². The van der Waals surface area contributed by atoms with Crippen LogP contribution in [0.5, 0.6) is 11.5 Å². The summed E-state index contributed by atoms with van der Waals surface area (Å²) in [6, 6.07) is 15.2. The summed E-state index contributed by atoms with van der Waals surface area (Å²) in [5.41, 5.74) is 2.09. The molecule has 0 bridgehead atoms. The number of methoxy groups -OCH3 is 2. The van der Waals surface area contributed by atoms with E-state index >= 15 is 0 Å². The summed E-state index contributed by atoms with van der Waals surface area (Å²) in [4.78, 5) is 0. The number of rotatable bonds is 6. The van der Waals surface area contributed by atoms with E-state index < -0.39 is 11.6 Å². The van der Waals surface area contributed by atoms with Crippen LogP contribution in [0.25, 0.3) is 17.2 Å². The molecule has 1 aliphatic rings. The monoisotopic (exact) mass is 452 g/mol. The highest BCUT2D eigenvalue weighted by Gasteiger charge is 2.25. The summed E-state index contributed by atoms with van der Waals surface area (Å²) in [6.45, 7) is 0. The van der Waals surface area contributed by atoms with Gasteiger partial charge in [0.25, 0.3) is 0 Å². The van der Waals surface area contributed by atoms with Crippen LogP contribution >= 0.6 is 0 Å². The Morgan fingerprint density at radius 1 is 0.788 bits per heavy atom. The molecule has 172 valence electrons. The Morgan fingerprint density at radius 2 is 1.52 bits per heavy atom. The highest BCUT2D eigenvalue weighted by Crippen LogP contribution is 2.39. The van der Waals surface area contributed by atoms with Crippen LogP contribution in [0.2, 0.25) is 0 Å². The Kier molecular flexibility index (Phi) is 7.07. The van der Waals surface area contributed by atoms with Crippen molar-refractivity contribution in [3.63, 3.8) is 0 Å². The van der Waals surface area contributed by atoms with Crippen LogP contribution in [0, 0.1) is 23.4 Å². The maximum Gasteiger partial charge on any atom is 0.166 e. The lowest BCUT2D eigenvalue weighted by atomic mass is 9.78. The van der Waals surface area contributed by atoms with Crippen molar-refractivity contribution in [2.75, 3.05) is 14.2 Å². The van der Waals surface area contributed by atoms with Crippen molar-refractivity contribution in [3.8, 4) is 22.6 Å². The third kappa shape index (κ3) is 5.08. The van der Waals surface area contributed by atoms with E-state index in [1.807, 2.05) is 12.1 Å². The number of ether oxygens (including phenoxy) is 2. The summed E-state index contributed by atoms with van der Waals surface area (Å²) in [7, 11) is 3.00. The average Bonchev–Trinajstić information content (AvgIpc) is 2.85. The van der Waals surface area contributed by atoms with Crippen molar-refractivity contribution in [2.45, 2.75) is 31.6 Å². The van der Waals surface area contributed by atoms with Gasteiger partial charge in [-0.2, -0.15) is 0 Å². The Balaban J connectivity index is 1.42. The predicted molar refractivity (Wildman–Crippen MR) is 125 cm³/mol. The molecule has 1 fully saturated rings. The molecule has 0 saturated heterocycles. The molecule has 0 aromatic heterocycles. The van der Waals surface area contributed by atoms with Gasteiger partial charge in [-0.05, 0) is 78.5 Å². The van der Waals surface area contributed by atoms with Crippen molar-refractivity contribution >= 4 is 6.08 Å². The first-order valence-corrected chi connectivity index (χ1v) is 11.1. The Labute approximate surface area is 192 Å². The maximum atomic E-state index is 15.0. The lowest BCUT2D eigenvalue weighted by molar-refractivity contribution is 0.365. The molecule has 33 heavy (non-hydrogen) atoms. The normalized spacial score (nSPS) is 18.5. The van der Waals surface area contributed by atoms with E-state index in [1.165, 1.54) is 13.2 Å². The second-order valence-electron chi connectivity index (χ2n) is 8.42. The van der Waals surface area contributed by atoms with Crippen LogP contribution in [-0.2, 0) is 0 Å². The maximum absolute atomic E-state index is 15.0. The fourth-order valence-corrected chi connectivity index (χ4v) is 4.53. The van der Waals surface area contributed by atoms with Gasteiger partial charge in [-0.1, -0.05) is 42.5 Å². The molecule has 4 rings (SSSR count). The molecular formula is C28H27F3O2. The van der Waals surface area contributed by atoms with E-state index in [-0.39, 0.29) is 23.0 Å². The first-order valence-electron chi connectivity index (χ1n) is 11.1. The fraction of sp³-hybridized carbons (Fsp3) is 0.286. The van der Waals surface area contributed by atoms with Crippen LogP contribution < -0.4 is 9.47 Å². The summed E-state index contributed by atoms with van der Waals surface area (Å²) < 4.78 is 53.8. The standard InChI is InChI=1S/C28H27F3O2/c1-32-22-12-10-21(11-13-22)24-15-14-23(27(30)28(24)31)20-8-5-18(6-9-20)3-4-19-7-16-26(33-2)25(29)17-19/h3-4,7,10-18,20H,5-6,8-9H2,1-2H3/b4-3+. The Hall–Kier alpha value is -3.21. The predicted octanol–water partition coefficient (Wildman–Crippen LogP) is 7.78. The number of benzene rings is 3. The van der Waals surface area contributed by atoms with Crippen molar-refractivity contribution in [2.24, 2.45) is 5.92 Å². The molecule has 5 heteroatoms. The third-order valence-corrected chi connectivity index (χ3v) is 6.46. The fourth-order valence-electron chi connectivity index (χ4n) is 4.53. The van der Waals surface area contributed by atoms with Crippen molar-refractivity contribution in [1.29, 1.82) is 0 Å². The number of allylic oxidation sites excluding steroid dienone is 1. The van der Waals surface area contributed by atoms with E-state index in [0.29, 0.717) is 22.8 Å². The van der Waals surface area contributed by atoms with Crippen LogP contribution in [0.3, 0.4) is 0 Å². The van der Waals surface area contributed by atoms with Gasteiger partial charge in [0.05, 0.1) is 14.2 Å². The van der Waals surface area contributed by atoms with Crippen molar-refractivity contribution in [3.05, 3.63) is 89.3 Å². The van der Waals surface area contributed by atoms with Crippen LogP contribution in [-0.4, -0.2) is 14.2 Å². The molecule has 0 heterocycles. The number of hydrogen-bond donors (Lipinski definition) is 0. The van der Waals surface area contributed by atoms with E-state index in [4.69, 9.17) is 9.47 Å². The Bertz CT molecular complexity index is 1130. The van der Waals surface area contributed by atoms with Crippen molar-refractivity contribution < 1.29 is 22.6 Å². The molecular weight excluding hydrogens is 425 g/mol. The quantitative estimate of drug-likeness (QED) is 0.380. The van der Waals surface area contributed by atoms with E-state index in [9.17, 15) is 13.2 Å². The zero-order valence-electron chi connectivity index (χ0n) is 18.8. The van der Waals surface area contributed by atoms with Gasteiger partial charge in [-0.25, -0.2) is 13.2 Å². The first kappa shape index (κ1) is 23.0. The molecule has 3 aromatic carbocycles. The number of halogens is 3. The van der Waals surface area contributed by atoms with Gasteiger partial charge in [0, 0.05) is 5.56 Å². The molecule has 0 aliphatic heterocycles. The minimum atomic E-state index is -0.804. The third-order valence-electron chi connectivity index (χ3n) is 6.46. The molecule has 0 spiro atoms. The van der Waals surface area contributed by atoms with Gasteiger partial charge in [-0.15, -0.1) is 0 Å². The summed E-state index contributed by atoms with van der Waals surface area (Å²) in [6.07, 6.45) is 7.31. The second kappa shape index (κ2) is 10.2. The highest BCUT2D eigenvalue weighted by atomic mass is 19.2. The van der Waals surface area contributed by atoms with Gasteiger partial charge in [0.1, 0.15) is 5.75 Å². The van der Waals surface area contributed by atoms with Gasteiger partial charge in [0.2, 0.25) is 0 Å². The van der Waals surface area contributed by atoms with Crippen molar-refractivity contribution in [1.82, 2.24) is 0 Å². The summed E-state index contributed by atoms with van der Waals surface area (Å²) in [5, 5.41) is 0. The SMILES string of the molecule is COc1ccc(-c2ccc(C3CCC(/C=C/c4ccc(OC)c(F)c4)CC3)c(F)c2F)cc1. The zero-order chi connectivity index (χ0) is 23.4. The topological polar surface area (TPSA) is 18.5 Å². The van der Waals surface area contributed by atoms with Gasteiger partial charge in [-0.3, -0.25) is 0 Å². The molecule has 3 aromatic rings. The molecule has 0 unspecified atom stereocenters. The van der Waals surface area contributed by atoms with E-state index in [1.54, 1.807) is 49.6 Å².